The van der Waals surface area contributed by atoms with Gasteiger partial charge in [0.25, 0.3) is 0 Å². The molecule has 148 valence electrons. The zero-order valence-corrected chi connectivity index (χ0v) is 17.1. The molecule has 1 heterocycles. The van der Waals surface area contributed by atoms with E-state index in [0.29, 0.717) is 6.04 Å². The van der Waals surface area contributed by atoms with Crippen molar-refractivity contribution in [2.45, 2.75) is 26.4 Å². The van der Waals surface area contributed by atoms with Crippen LogP contribution in [0.5, 0.6) is 11.5 Å². The summed E-state index contributed by atoms with van der Waals surface area (Å²) in [5.41, 5.74) is 3.31. The van der Waals surface area contributed by atoms with Gasteiger partial charge in [-0.3, -0.25) is 9.58 Å². The summed E-state index contributed by atoms with van der Waals surface area (Å²) in [6.07, 6.45) is 2.10. The molecule has 0 aliphatic carbocycles. The monoisotopic (exact) mass is 379 g/mol. The van der Waals surface area contributed by atoms with Crippen molar-refractivity contribution in [2.24, 2.45) is 7.05 Å². The lowest BCUT2D eigenvalue weighted by Gasteiger charge is -2.26. The SMILES string of the molecule is COCCN(Cc1cn(C)nc1-c1ccc(Oc2ccccc2)cc1)C(C)C. The normalized spacial score (nSPS) is 11.4. The van der Waals surface area contributed by atoms with Gasteiger partial charge in [0, 0.05) is 50.6 Å². The number of rotatable bonds is 9. The number of nitrogens with zero attached hydrogens (tertiary/aromatic N) is 3. The third kappa shape index (κ3) is 5.21. The first-order chi connectivity index (χ1) is 13.6. The van der Waals surface area contributed by atoms with E-state index in [0.717, 1.165) is 42.5 Å². The van der Waals surface area contributed by atoms with Crippen LogP contribution in [-0.4, -0.2) is 41.0 Å². The van der Waals surface area contributed by atoms with Crippen molar-refractivity contribution in [3.63, 3.8) is 0 Å². The molecule has 0 amide bonds. The Morgan fingerprint density at radius 2 is 1.68 bits per heavy atom. The molecule has 0 radical (unpaired) electrons. The fraction of sp³-hybridized carbons (Fsp3) is 0.348. The maximum atomic E-state index is 5.90. The minimum absolute atomic E-state index is 0.435. The first kappa shape index (κ1) is 20.1. The summed E-state index contributed by atoms with van der Waals surface area (Å²) in [4.78, 5) is 2.40. The van der Waals surface area contributed by atoms with Crippen molar-refractivity contribution in [1.82, 2.24) is 14.7 Å². The standard InChI is InChI=1S/C23H29N3O2/c1-18(2)26(14-15-27-4)17-20-16-25(3)24-23(20)19-10-12-22(13-11-19)28-21-8-6-5-7-9-21/h5-13,16,18H,14-15,17H2,1-4H3. The molecule has 0 saturated carbocycles. The highest BCUT2D eigenvalue weighted by atomic mass is 16.5. The van der Waals surface area contributed by atoms with Crippen molar-refractivity contribution in [1.29, 1.82) is 0 Å². The molecule has 3 rings (SSSR count). The molecule has 0 saturated heterocycles. The Morgan fingerprint density at radius 3 is 2.32 bits per heavy atom. The highest BCUT2D eigenvalue weighted by Crippen LogP contribution is 2.27. The summed E-state index contributed by atoms with van der Waals surface area (Å²) in [6.45, 7) is 6.88. The quantitative estimate of drug-likeness (QED) is 0.538. The van der Waals surface area contributed by atoms with E-state index in [1.54, 1.807) is 7.11 Å². The Hall–Kier alpha value is -2.63. The fourth-order valence-corrected chi connectivity index (χ4v) is 3.15. The average Bonchev–Trinajstić information content (AvgIpc) is 3.06. The molecule has 1 aromatic heterocycles. The van der Waals surface area contributed by atoms with Gasteiger partial charge in [-0.05, 0) is 50.2 Å². The van der Waals surface area contributed by atoms with Gasteiger partial charge in [0.2, 0.25) is 0 Å². The zero-order valence-electron chi connectivity index (χ0n) is 17.1. The maximum Gasteiger partial charge on any atom is 0.127 e. The zero-order chi connectivity index (χ0) is 19.9. The molecule has 28 heavy (non-hydrogen) atoms. The molecule has 0 aliphatic heterocycles. The van der Waals surface area contributed by atoms with E-state index >= 15 is 0 Å². The summed E-state index contributed by atoms with van der Waals surface area (Å²) >= 11 is 0. The summed E-state index contributed by atoms with van der Waals surface area (Å²) in [7, 11) is 3.71. The van der Waals surface area contributed by atoms with Crippen molar-refractivity contribution in [3.8, 4) is 22.8 Å². The van der Waals surface area contributed by atoms with Crippen molar-refractivity contribution >= 4 is 0 Å². The largest absolute Gasteiger partial charge is 0.457 e. The van der Waals surface area contributed by atoms with Gasteiger partial charge in [0.05, 0.1) is 12.3 Å². The Balaban J connectivity index is 1.78. The summed E-state index contributed by atoms with van der Waals surface area (Å²) in [5, 5.41) is 4.71. The highest BCUT2D eigenvalue weighted by molar-refractivity contribution is 5.63. The van der Waals surface area contributed by atoms with Gasteiger partial charge < -0.3 is 9.47 Å². The van der Waals surface area contributed by atoms with E-state index in [1.807, 2.05) is 54.2 Å². The molecule has 5 heteroatoms. The molecule has 0 N–H and O–H groups in total. The number of ether oxygens (including phenoxy) is 2. The Kier molecular flexibility index (Phi) is 6.85. The van der Waals surface area contributed by atoms with Crippen LogP contribution in [0.2, 0.25) is 0 Å². The second-order valence-electron chi connectivity index (χ2n) is 7.17. The summed E-state index contributed by atoms with van der Waals surface area (Å²) in [5.74, 6) is 1.65. The summed E-state index contributed by atoms with van der Waals surface area (Å²) in [6, 6.07) is 18.4. The highest BCUT2D eigenvalue weighted by Gasteiger charge is 2.16. The van der Waals surface area contributed by atoms with Crippen LogP contribution in [0.15, 0.2) is 60.8 Å². The molecule has 0 aliphatic rings. The van der Waals surface area contributed by atoms with Gasteiger partial charge in [-0.1, -0.05) is 18.2 Å². The Bertz CT molecular complexity index is 857. The first-order valence-electron chi connectivity index (χ1n) is 9.65. The average molecular weight is 380 g/mol. The van der Waals surface area contributed by atoms with Gasteiger partial charge in [-0.25, -0.2) is 0 Å². The maximum absolute atomic E-state index is 5.90. The van der Waals surface area contributed by atoms with E-state index in [-0.39, 0.29) is 0 Å². The van der Waals surface area contributed by atoms with Crippen LogP contribution < -0.4 is 4.74 Å². The molecule has 0 spiro atoms. The Morgan fingerprint density at radius 1 is 1.00 bits per heavy atom. The van der Waals surface area contributed by atoms with Crippen molar-refractivity contribution in [2.75, 3.05) is 20.3 Å². The van der Waals surface area contributed by atoms with Gasteiger partial charge in [-0.2, -0.15) is 5.10 Å². The third-order valence-electron chi connectivity index (χ3n) is 4.70. The van der Waals surface area contributed by atoms with Crippen LogP contribution in [0, 0.1) is 0 Å². The molecule has 3 aromatic rings. The number of benzene rings is 2. The molecular formula is C23H29N3O2. The number of aryl methyl sites for hydroxylation is 1. The smallest absolute Gasteiger partial charge is 0.127 e. The van der Waals surface area contributed by atoms with Gasteiger partial charge in [-0.15, -0.1) is 0 Å². The minimum atomic E-state index is 0.435. The fourth-order valence-electron chi connectivity index (χ4n) is 3.15. The molecule has 2 aromatic carbocycles. The van der Waals surface area contributed by atoms with Gasteiger partial charge in [0.1, 0.15) is 11.5 Å². The van der Waals surface area contributed by atoms with Crippen LogP contribution in [0.25, 0.3) is 11.3 Å². The van der Waals surface area contributed by atoms with Crippen LogP contribution >= 0.6 is 0 Å². The van der Waals surface area contributed by atoms with Crippen molar-refractivity contribution in [3.05, 3.63) is 66.4 Å². The van der Waals surface area contributed by atoms with Gasteiger partial charge in [0.15, 0.2) is 0 Å². The number of methoxy groups -OCH3 is 1. The predicted octanol–water partition coefficient (Wildman–Crippen LogP) is 4.74. The molecule has 0 fully saturated rings. The van der Waals surface area contributed by atoms with Gasteiger partial charge >= 0.3 is 0 Å². The molecule has 0 bridgehead atoms. The first-order valence-corrected chi connectivity index (χ1v) is 9.65. The van der Waals surface area contributed by atoms with Crippen LogP contribution in [0.3, 0.4) is 0 Å². The molecule has 0 atom stereocenters. The second kappa shape index (κ2) is 9.53. The number of aromatic nitrogens is 2. The Labute approximate surface area is 167 Å². The molecule has 5 nitrogen and oxygen atoms in total. The van der Waals surface area contributed by atoms with Crippen LogP contribution in [0.1, 0.15) is 19.4 Å². The number of hydrogen-bond acceptors (Lipinski definition) is 4. The topological polar surface area (TPSA) is 39.5 Å². The molecular weight excluding hydrogens is 350 g/mol. The lowest BCUT2D eigenvalue weighted by atomic mass is 10.1. The number of hydrogen-bond donors (Lipinski definition) is 0. The third-order valence-corrected chi connectivity index (χ3v) is 4.70. The van der Waals surface area contributed by atoms with Crippen LogP contribution in [0.4, 0.5) is 0 Å². The summed E-state index contributed by atoms with van der Waals surface area (Å²) < 4.78 is 13.0. The van der Waals surface area contributed by atoms with E-state index in [2.05, 4.69) is 37.1 Å². The van der Waals surface area contributed by atoms with Crippen molar-refractivity contribution < 1.29 is 9.47 Å². The van der Waals surface area contributed by atoms with E-state index < -0.39 is 0 Å². The van der Waals surface area contributed by atoms with E-state index in [4.69, 9.17) is 14.6 Å². The van der Waals surface area contributed by atoms with E-state index in [1.165, 1.54) is 5.56 Å². The lowest BCUT2D eigenvalue weighted by Crippen LogP contribution is -2.33. The lowest BCUT2D eigenvalue weighted by molar-refractivity contribution is 0.125. The molecule has 0 unspecified atom stereocenters. The predicted molar refractivity (Wildman–Crippen MR) is 113 cm³/mol. The van der Waals surface area contributed by atoms with Crippen LogP contribution in [-0.2, 0) is 18.3 Å². The minimum Gasteiger partial charge on any atom is -0.457 e. The number of para-hydroxylation sites is 1. The second-order valence-corrected chi connectivity index (χ2v) is 7.17. The van der Waals surface area contributed by atoms with E-state index in [9.17, 15) is 0 Å².